The molecule has 6 heteroatoms. The molecule has 3 rings (SSSR count). The molecule has 2 amide bonds. The first-order chi connectivity index (χ1) is 12.6. The lowest BCUT2D eigenvalue weighted by Gasteiger charge is -2.22. The van der Waals surface area contributed by atoms with Crippen molar-refractivity contribution in [2.75, 3.05) is 26.2 Å². The predicted molar refractivity (Wildman–Crippen MR) is 98.7 cm³/mol. The fourth-order valence-corrected chi connectivity index (χ4v) is 3.29. The number of hydrogen-bond donors (Lipinski definition) is 0. The minimum Gasteiger partial charge on any atom is -0.341 e. The van der Waals surface area contributed by atoms with Crippen molar-refractivity contribution in [3.05, 3.63) is 70.5 Å². The van der Waals surface area contributed by atoms with Gasteiger partial charge in [0.25, 0.3) is 5.91 Å². The number of rotatable bonds is 3. The van der Waals surface area contributed by atoms with Crippen LogP contribution in [0, 0.1) is 5.82 Å². The van der Waals surface area contributed by atoms with Crippen molar-refractivity contribution >= 4 is 23.4 Å². The summed E-state index contributed by atoms with van der Waals surface area (Å²) in [6.45, 7) is 1.90. The van der Waals surface area contributed by atoms with Crippen molar-refractivity contribution in [3.8, 4) is 0 Å². The summed E-state index contributed by atoms with van der Waals surface area (Å²) in [6.07, 6.45) is 0.898. The molecule has 0 spiro atoms. The van der Waals surface area contributed by atoms with E-state index in [0.717, 1.165) is 5.56 Å². The maximum absolute atomic E-state index is 13.9. The smallest absolute Gasteiger partial charge is 0.256 e. The Morgan fingerprint density at radius 2 is 1.58 bits per heavy atom. The maximum Gasteiger partial charge on any atom is 0.256 e. The number of halogens is 2. The van der Waals surface area contributed by atoms with Crippen LogP contribution in [-0.2, 0) is 11.2 Å². The molecule has 1 saturated heterocycles. The summed E-state index contributed by atoms with van der Waals surface area (Å²) in [6, 6.07) is 13.3. The average Bonchev–Trinajstić information content (AvgIpc) is 2.90. The van der Waals surface area contributed by atoms with Gasteiger partial charge in [0, 0.05) is 31.2 Å². The molecule has 1 aliphatic heterocycles. The zero-order valence-corrected chi connectivity index (χ0v) is 15.1. The topological polar surface area (TPSA) is 40.6 Å². The van der Waals surface area contributed by atoms with E-state index in [1.54, 1.807) is 28.0 Å². The Kier molecular flexibility index (Phi) is 5.89. The van der Waals surface area contributed by atoms with Gasteiger partial charge in [0.2, 0.25) is 5.91 Å². The van der Waals surface area contributed by atoms with Gasteiger partial charge in [-0.1, -0.05) is 41.9 Å². The molecular weight excluding hydrogens is 355 g/mol. The van der Waals surface area contributed by atoms with Crippen LogP contribution in [0.25, 0.3) is 0 Å². The Morgan fingerprint density at radius 3 is 2.35 bits per heavy atom. The summed E-state index contributed by atoms with van der Waals surface area (Å²) in [7, 11) is 0. The van der Waals surface area contributed by atoms with E-state index < -0.39 is 5.82 Å². The van der Waals surface area contributed by atoms with Crippen LogP contribution >= 0.6 is 11.6 Å². The van der Waals surface area contributed by atoms with Gasteiger partial charge in [-0.05, 0) is 30.2 Å². The number of amides is 2. The SMILES string of the molecule is O=C(Cc1ccccc1Cl)N1CCCN(C(=O)c2ccccc2F)CC1. The third kappa shape index (κ3) is 4.22. The summed E-state index contributed by atoms with van der Waals surface area (Å²) in [5, 5.41) is 0.576. The summed E-state index contributed by atoms with van der Waals surface area (Å²) in [5.41, 5.74) is 0.867. The first-order valence-corrected chi connectivity index (χ1v) is 8.99. The fourth-order valence-electron chi connectivity index (χ4n) is 3.09. The van der Waals surface area contributed by atoms with Crippen molar-refractivity contribution in [1.29, 1.82) is 0 Å². The Balaban J connectivity index is 1.63. The average molecular weight is 375 g/mol. The third-order valence-electron chi connectivity index (χ3n) is 4.54. The highest BCUT2D eigenvalue weighted by Gasteiger charge is 2.24. The highest BCUT2D eigenvalue weighted by molar-refractivity contribution is 6.31. The molecule has 1 fully saturated rings. The van der Waals surface area contributed by atoms with Crippen LogP contribution in [0.4, 0.5) is 4.39 Å². The Labute approximate surface area is 157 Å². The Bertz CT molecular complexity index is 812. The van der Waals surface area contributed by atoms with Gasteiger partial charge in [-0.3, -0.25) is 9.59 Å². The van der Waals surface area contributed by atoms with Crippen LogP contribution in [0.15, 0.2) is 48.5 Å². The Morgan fingerprint density at radius 1 is 0.923 bits per heavy atom. The Hall–Kier alpha value is -2.40. The molecule has 0 atom stereocenters. The number of nitrogens with zero attached hydrogens (tertiary/aromatic N) is 2. The third-order valence-corrected chi connectivity index (χ3v) is 4.91. The molecule has 2 aromatic carbocycles. The van der Waals surface area contributed by atoms with Gasteiger partial charge in [0.15, 0.2) is 0 Å². The van der Waals surface area contributed by atoms with Crippen molar-refractivity contribution < 1.29 is 14.0 Å². The van der Waals surface area contributed by atoms with Crippen molar-refractivity contribution in [2.45, 2.75) is 12.8 Å². The molecule has 136 valence electrons. The minimum atomic E-state index is -0.520. The molecule has 0 saturated carbocycles. The van der Waals surface area contributed by atoms with E-state index in [0.29, 0.717) is 37.6 Å². The molecule has 0 radical (unpaired) electrons. The van der Waals surface area contributed by atoms with E-state index in [9.17, 15) is 14.0 Å². The summed E-state index contributed by atoms with van der Waals surface area (Å²) >= 11 is 6.13. The maximum atomic E-state index is 13.9. The lowest BCUT2D eigenvalue weighted by molar-refractivity contribution is -0.130. The van der Waals surface area contributed by atoms with E-state index in [4.69, 9.17) is 11.6 Å². The van der Waals surface area contributed by atoms with Crippen molar-refractivity contribution in [1.82, 2.24) is 9.80 Å². The number of carbonyl (C=O) groups excluding carboxylic acids is 2. The molecular formula is C20H20ClFN2O2. The first-order valence-electron chi connectivity index (χ1n) is 8.61. The van der Waals surface area contributed by atoms with Gasteiger partial charge in [0.05, 0.1) is 12.0 Å². The van der Waals surface area contributed by atoms with E-state index in [2.05, 4.69) is 0 Å². The van der Waals surface area contributed by atoms with Gasteiger partial charge in [0.1, 0.15) is 5.82 Å². The van der Waals surface area contributed by atoms with Crippen molar-refractivity contribution in [2.24, 2.45) is 0 Å². The molecule has 0 N–H and O–H groups in total. The largest absolute Gasteiger partial charge is 0.341 e. The molecule has 0 aromatic heterocycles. The van der Waals surface area contributed by atoms with Crippen LogP contribution < -0.4 is 0 Å². The summed E-state index contributed by atoms with van der Waals surface area (Å²) in [5.74, 6) is -0.866. The molecule has 0 bridgehead atoms. The van der Waals surface area contributed by atoms with Crippen LogP contribution in [0.2, 0.25) is 5.02 Å². The van der Waals surface area contributed by atoms with Crippen molar-refractivity contribution in [3.63, 3.8) is 0 Å². The second kappa shape index (κ2) is 8.32. The zero-order valence-electron chi connectivity index (χ0n) is 14.3. The lowest BCUT2D eigenvalue weighted by atomic mass is 10.1. The molecule has 0 aliphatic carbocycles. The fraction of sp³-hybridized carbons (Fsp3) is 0.300. The molecule has 0 unspecified atom stereocenters. The van der Waals surface area contributed by atoms with Crippen LogP contribution in [-0.4, -0.2) is 47.8 Å². The second-order valence-corrected chi connectivity index (χ2v) is 6.68. The van der Waals surface area contributed by atoms with Gasteiger partial charge in [-0.25, -0.2) is 4.39 Å². The number of benzene rings is 2. The van der Waals surface area contributed by atoms with E-state index >= 15 is 0 Å². The van der Waals surface area contributed by atoms with E-state index in [1.165, 1.54) is 12.1 Å². The summed E-state index contributed by atoms with van der Waals surface area (Å²) < 4.78 is 13.9. The van der Waals surface area contributed by atoms with Crippen LogP contribution in [0.1, 0.15) is 22.3 Å². The van der Waals surface area contributed by atoms with Gasteiger partial charge < -0.3 is 9.80 Å². The standard InChI is InChI=1S/C20H20ClFN2O2/c21-17-8-3-1-6-15(17)14-19(25)23-10-5-11-24(13-12-23)20(26)16-7-2-4-9-18(16)22/h1-4,6-9H,5,10-14H2. The second-order valence-electron chi connectivity index (χ2n) is 6.27. The highest BCUT2D eigenvalue weighted by atomic mass is 35.5. The molecule has 26 heavy (non-hydrogen) atoms. The minimum absolute atomic E-state index is 0.0155. The molecule has 4 nitrogen and oxygen atoms in total. The molecule has 1 aliphatic rings. The quantitative estimate of drug-likeness (QED) is 0.826. The molecule has 2 aromatic rings. The highest BCUT2D eigenvalue weighted by Crippen LogP contribution is 2.17. The number of carbonyl (C=O) groups is 2. The van der Waals surface area contributed by atoms with Gasteiger partial charge in [-0.2, -0.15) is 0 Å². The van der Waals surface area contributed by atoms with Gasteiger partial charge in [-0.15, -0.1) is 0 Å². The van der Waals surface area contributed by atoms with E-state index in [-0.39, 0.29) is 23.8 Å². The predicted octanol–water partition coefficient (Wildman–Crippen LogP) is 3.40. The zero-order chi connectivity index (χ0) is 18.5. The molecule has 1 heterocycles. The normalized spacial score (nSPS) is 14.8. The monoisotopic (exact) mass is 374 g/mol. The number of hydrogen-bond acceptors (Lipinski definition) is 2. The lowest BCUT2D eigenvalue weighted by Crippen LogP contribution is -2.38. The van der Waals surface area contributed by atoms with E-state index in [1.807, 2.05) is 18.2 Å². The van der Waals surface area contributed by atoms with Gasteiger partial charge >= 0.3 is 0 Å². The van der Waals surface area contributed by atoms with Crippen LogP contribution in [0.5, 0.6) is 0 Å². The van der Waals surface area contributed by atoms with Crippen LogP contribution in [0.3, 0.4) is 0 Å². The first kappa shape index (κ1) is 18.4. The summed E-state index contributed by atoms with van der Waals surface area (Å²) in [4.78, 5) is 28.5.